The van der Waals surface area contributed by atoms with Crippen LogP contribution in [0.1, 0.15) is 31.9 Å². The van der Waals surface area contributed by atoms with Crippen LogP contribution in [0.5, 0.6) is 0 Å². The van der Waals surface area contributed by atoms with Gasteiger partial charge in [0.05, 0.1) is 15.8 Å². The van der Waals surface area contributed by atoms with Crippen LogP contribution in [0.3, 0.4) is 0 Å². The Bertz CT molecular complexity index is 881. The molecule has 0 atom stereocenters. The van der Waals surface area contributed by atoms with E-state index in [2.05, 4.69) is 9.97 Å². The Hall–Kier alpha value is -2.15. The van der Waals surface area contributed by atoms with Crippen LogP contribution in [-0.4, -0.2) is 15.5 Å². The largest absolute Gasteiger partial charge is 0.416 e. The summed E-state index contributed by atoms with van der Waals surface area (Å²) < 4.78 is 41.0. The lowest BCUT2D eigenvalue weighted by atomic mass is 10.0. The molecule has 0 spiro atoms. The number of fused-ring (bicyclic) bond motifs is 1. The summed E-state index contributed by atoms with van der Waals surface area (Å²) in [6.45, 7) is 6.00. The van der Waals surface area contributed by atoms with Crippen molar-refractivity contribution in [2.24, 2.45) is 0 Å². The maximum atomic E-state index is 13.4. The number of alkyl halides is 3. The van der Waals surface area contributed by atoms with Crippen LogP contribution >= 0.6 is 11.3 Å². The zero-order valence-electron chi connectivity index (χ0n) is 14.1. The van der Waals surface area contributed by atoms with Crippen LogP contribution in [0.2, 0.25) is 0 Å². The Morgan fingerprint density at radius 2 is 1.76 bits per heavy atom. The van der Waals surface area contributed by atoms with E-state index >= 15 is 0 Å². The third kappa shape index (κ3) is 3.61. The molecule has 0 unspecified atom stereocenters. The van der Waals surface area contributed by atoms with E-state index in [0.717, 1.165) is 16.3 Å². The van der Waals surface area contributed by atoms with Crippen LogP contribution in [0, 0.1) is 0 Å². The summed E-state index contributed by atoms with van der Waals surface area (Å²) >= 11 is 1.49. The number of hydrogen-bond acceptors (Lipinski definition) is 4. The fraction of sp³-hybridized carbons (Fsp3) is 0.333. The first-order valence-electron chi connectivity index (χ1n) is 7.79. The van der Waals surface area contributed by atoms with Crippen molar-refractivity contribution in [2.45, 2.75) is 39.0 Å². The van der Waals surface area contributed by atoms with Gasteiger partial charge in [-0.15, -0.1) is 11.3 Å². The maximum absolute atomic E-state index is 13.4. The van der Waals surface area contributed by atoms with E-state index in [9.17, 15) is 13.2 Å². The number of nitrogens with zero attached hydrogens (tertiary/aromatic N) is 3. The molecule has 7 heteroatoms. The van der Waals surface area contributed by atoms with E-state index in [4.69, 9.17) is 0 Å². The molecule has 0 aliphatic heterocycles. The van der Waals surface area contributed by atoms with Crippen molar-refractivity contribution in [3.8, 4) is 0 Å². The first-order valence-corrected chi connectivity index (χ1v) is 8.67. The molecule has 132 valence electrons. The van der Waals surface area contributed by atoms with Crippen molar-refractivity contribution in [3.63, 3.8) is 0 Å². The van der Waals surface area contributed by atoms with E-state index in [1.54, 1.807) is 6.07 Å². The lowest BCUT2D eigenvalue weighted by Crippen LogP contribution is -2.42. The first-order chi connectivity index (χ1) is 11.7. The summed E-state index contributed by atoms with van der Waals surface area (Å²) in [5, 5.41) is 1.91. The van der Waals surface area contributed by atoms with Gasteiger partial charge in [-0.05, 0) is 43.8 Å². The normalized spacial score (nSPS) is 12.6. The topological polar surface area (TPSA) is 29.0 Å². The SMILES string of the molecule is CC(C)(C)N(Cc1ccccc1C(F)(F)F)c1ncnc2ccsc12. The minimum absolute atomic E-state index is 0.114. The monoisotopic (exact) mass is 365 g/mol. The van der Waals surface area contributed by atoms with Crippen molar-refractivity contribution < 1.29 is 13.2 Å². The minimum Gasteiger partial charge on any atom is -0.346 e. The van der Waals surface area contributed by atoms with E-state index < -0.39 is 17.3 Å². The van der Waals surface area contributed by atoms with Crippen LogP contribution in [0.15, 0.2) is 42.0 Å². The highest BCUT2D eigenvalue weighted by Gasteiger charge is 2.34. The van der Waals surface area contributed by atoms with Gasteiger partial charge >= 0.3 is 6.18 Å². The highest BCUT2D eigenvalue weighted by atomic mass is 32.1. The van der Waals surface area contributed by atoms with Gasteiger partial charge in [0, 0.05) is 12.1 Å². The Balaban J connectivity index is 2.10. The Morgan fingerprint density at radius 1 is 1.04 bits per heavy atom. The van der Waals surface area contributed by atoms with Crippen LogP contribution in [-0.2, 0) is 12.7 Å². The summed E-state index contributed by atoms with van der Waals surface area (Å²) in [5.41, 5.74) is 0.00611. The second-order valence-electron chi connectivity index (χ2n) is 6.74. The molecule has 2 heterocycles. The Kier molecular flexibility index (Phi) is 4.45. The van der Waals surface area contributed by atoms with E-state index in [-0.39, 0.29) is 12.1 Å². The van der Waals surface area contributed by atoms with Crippen LogP contribution in [0.4, 0.5) is 19.0 Å². The van der Waals surface area contributed by atoms with Gasteiger partial charge in [-0.25, -0.2) is 9.97 Å². The predicted molar refractivity (Wildman–Crippen MR) is 94.8 cm³/mol. The van der Waals surface area contributed by atoms with Crippen molar-refractivity contribution in [3.05, 3.63) is 53.2 Å². The van der Waals surface area contributed by atoms with E-state index in [1.165, 1.54) is 29.8 Å². The van der Waals surface area contributed by atoms with Crippen molar-refractivity contribution in [2.75, 3.05) is 4.90 Å². The molecular weight excluding hydrogens is 347 g/mol. The number of halogens is 3. The summed E-state index contributed by atoms with van der Waals surface area (Å²) in [5.74, 6) is 0.657. The van der Waals surface area contributed by atoms with Gasteiger partial charge in [0.2, 0.25) is 0 Å². The average Bonchev–Trinajstić information content (AvgIpc) is 2.99. The predicted octanol–water partition coefficient (Wildman–Crippen LogP) is 5.52. The Labute approximate surface area is 148 Å². The van der Waals surface area contributed by atoms with Gasteiger partial charge in [0.25, 0.3) is 0 Å². The number of aromatic nitrogens is 2. The fourth-order valence-electron chi connectivity index (χ4n) is 2.70. The molecule has 0 bridgehead atoms. The highest BCUT2D eigenvalue weighted by Crippen LogP contribution is 2.36. The lowest BCUT2D eigenvalue weighted by Gasteiger charge is -2.37. The van der Waals surface area contributed by atoms with Gasteiger partial charge < -0.3 is 4.90 Å². The highest BCUT2D eigenvalue weighted by molar-refractivity contribution is 7.17. The van der Waals surface area contributed by atoms with Crippen molar-refractivity contribution in [1.29, 1.82) is 0 Å². The molecule has 0 saturated carbocycles. The molecule has 0 aliphatic carbocycles. The Morgan fingerprint density at radius 3 is 2.44 bits per heavy atom. The zero-order chi connectivity index (χ0) is 18.2. The van der Waals surface area contributed by atoms with Gasteiger partial charge in [-0.2, -0.15) is 13.2 Å². The maximum Gasteiger partial charge on any atom is 0.416 e. The van der Waals surface area contributed by atoms with Gasteiger partial charge in [0.15, 0.2) is 5.82 Å². The lowest BCUT2D eigenvalue weighted by molar-refractivity contribution is -0.138. The standard InChI is InChI=1S/C18H18F3N3S/c1-17(2,3)24(16-15-14(8-9-25-15)22-11-23-16)10-12-6-4-5-7-13(12)18(19,20)21/h4-9,11H,10H2,1-3H3. The summed E-state index contributed by atoms with van der Waals surface area (Å²) in [7, 11) is 0. The number of rotatable bonds is 3. The zero-order valence-corrected chi connectivity index (χ0v) is 14.9. The summed E-state index contributed by atoms with van der Waals surface area (Å²) in [4.78, 5) is 10.5. The smallest absolute Gasteiger partial charge is 0.346 e. The molecule has 3 rings (SSSR count). The molecule has 0 amide bonds. The molecule has 2 aromatic heterocycles. The number of benzene rings is 1. The molecular formula is C18H18F3N3S. The van der Waals surface area contributed by atoms with E-state index in [1.807, 2.05) is 37.1 Å². The van der Waals surface area contributed by atoms with E-state index in [0.29, 0.717) is 5.82 Å². The molecule has 3 nitrogen and oxygen atoms in total. The molecule has 1 aromatic carbocycles. The molecule has 0 saturated heterocycles. The molecule has 0 aliphatic rings. The van der Waals surface area contributed by atoms with Crippen molar-refractivity contribution >= 4 is 27.4 Å². The minimum atomic E-state index is -4.38. The third-order valence-electron chi connectivity index (χ3n) is 3.94. The second kappa shape index (κ2) is 6.29. The van der Waals surface area contributed by atoms with Crippen molar-refractivity contribution in [1.82, 2.24) is 9.97 Å². The number of anilines is 1. The third-order valence-corrected chi connectivity index (χ3v) is 4.84. The molecule has 3 aromatic rings. The molecule has 25 heavy (non-hydrogen) atoms. The first kappa shape index (κ1) is 17.7. The molecule has 0 radical (unpaired) electrons. The average molecular weight is 365 g/mol. The second-order valence-corrected chi connectivity index (χ2v) is 7.66. The summed E-state index contributed by atoms with van der Waals surface area (Å²) in [6.07, 6.45) is -2.93. The van der Waals surface area contributed by atoms with Gasteiger partial charge in [-0.3, -0.25) is 0 Å². The molecule has 0 N–H and O–H groups in total. The quantitative estimate of drug-likeness (QED) is 0.612. The fourth-order valence-corrected chi connectivity index (χ4v) is 3.55. The number of thiophene rings is 1. The van der Waals surface area contributed by atoms with Gasteiger partial charge in [0.1, 0.15) is 6.33 Å². The van der Waals surface area contributed by atoms with Crippen LogP contribution in [0.25, 0.3) is 10.2 Å². The summed E-state index contributed by atoms with van der Waals surface area (Å²) in [6, 6.07) is 7.57. The van der Waals surface area contributed by atoms with Crippen LogP contribution < -0.4 is 4.90 Å². The van der Waals surface area contributed by atoms with Gasteiger partial charge in [-0.1, -0.05) is 18.2 Å². The number of hydrogen-bond donors (Lipinski definition) is 0. The molecule has 0 fully saturated rings.